The summed E-state index contributed by atoms with van der Waals surface area (Å²) in [5, 5.41) is 19.9. The minimum atomic E-state index is -0.957. The number of rotatable bonds is 5. The lowest BCUT2D eigenvalue weighted by molar-refractivity contribution is -0.156. The number of aliphatic hydroxyl groups is 2. The Morgan fingerprint density at radius 1 is 0.933 bits per heavy atom. The summed E-state index contributed by atoms with van der Waals surface area (Å²) >= 11 is 1.97. The van der Waals surface area contributed by atoms with Crippen LogP contribution in [0.15, 0.2) is 22.0 Å². The molecule has 2 saturated heterocycles. The van der Waals surface area contributed by atoms with Gasteiger partial charge in [-0.25, -0.2) is 9.97 Å². The summed E-state index contributed by atoms with van der Waals surface area (Å²) in [5.74, 6) is -0.304. The van der Waals surface area contributed by atoms with E-state index in [1.54, 1.807) is 13.8 Å². The molecule has 6 rings (SSSR count). The minimum absolute atomic E-state index is 0.0412. The summed E-state index contributed by atoms with van der Waals surface area (Å²) in [6.07, 6.45) is -0.235. The molecule has 16 nitrogen and oxygen atoms in total. The third-order valence-corrected chi connectivity index (χ3v) is 10.1. The van der Waals surface area contributed by atoms with Gasteiger partial charge in [0.25, 0.3) is 0 Å². The Bertz CT molecular complexity index is 1850. The molecule has 6 heterocycles. The Kier molecular flexibility index (Phi) is 8.75. The average molecular weight is 665 g/mol. The Labute approximate surface area is 264 Å². The van der Waals surface area contributed by atoms with E-state index in [1.165, 1.54) is 28.5 Å². The Morgan fingerprint density at radius 3 is 1.87 bits per heavy atom. The number of carbonyl (C=O) groups is 1. The summed E-state index contributed by atoms with van der Waals surface area (Å²) in [6, 6.07) is 0. The van der Waals surface area contributed by atoms with Gasteiger partial charge in [-0.3, -0.25) is 23.5 Å². The molecule has 0 bridgehead atoms. The second-order valence-electron chi connectivity index (χ2n) is 12.0. The molecular weight excluding hydrogens is 628 g/mol. The van der Waals surface area contributed by atoms with Gasteiger partial charge in [0.05, 0.1) is 40.6 Å². The van der Waals surface area contributed by atoms with E-state index >= 15 is 0 Å². The molecule has 2 aliphatic heterocycles. The summed E-state index contributed by atoms with van der Waals surface area (Å²) in [7, 11) is 0. The lowest BCUT2D eigenvalue weighted by Gasteiger charge is -2.30. The Hall–Kier alpha value is -3.55. The number of nitrogens with zero attached hydrogens (tertiary/aromatic N) is 6. The highest BCUT2D eigenvalue weighted by atomic mass is 32.1. The van der Waals surface area contributed by atoms with Crippen LogP contribution in [-0.2, 0) is 19.0 Å². The molecule has 244 valence electrons. The molecule has 0 saturated carbocycles. The van der Waals surface area contributed by atoms with E-state index in [-0.39, 0.29) is 34.4 Å². The molecule has 2 aliphatic rings. The zero-order valence-electron chi connectivity index (χ0n) is 25.5. The maximum atomic E-state index is 12.5. The van der Waals surface area contributed by atoms with Crippen molar-refractivity contribution < 1.29 is 29.2 Å². The summed E-state index contributed by atoms with van der Waals surface area (Å²) in [6.45, 7) is 10.6. The van der Waals surface area contributed by atoms with Crippen LogP contribution in [0.4, 0.5) is 11.9 Å². The molecule has 0 radical (unpaired) electrons. The van der Waals surface area contributed by atoms with Gasteiger partial charge < -0.3 is 35.9 Å². The van der Waals surface area contributed by atoms with Crippen molar-refractivity contribution in [1.82, 2.24) is 29.1 Å². The van der Waals surface area contributed by atoms with Gasteiger partial charge in [-0.2, -0.15) is 9.97 Å². The van der Waals surface area contributed by atoms with Crippen molar-refractivity contribution in [2.45, 2.75) is 84.8 Å². The summed E-state index contributed by atoms with van der Waals surface area (Å²) in [4.78, 5) is 51.8. The van der Waals surface area contributed by atoms with Gasteiger partial charge in [0.15, 0.2) is 29.9 Å². The van der Waals surface area contributed by atoms with Crippen molar-refractivity contribution in [3.8, 4) is 0 Å². The fourth-order valence-electron chi connectivity index (χ4n) is 5.78. The number of hydrogen-bond acceptors (Lipinski definition) is 16. The number of nitrogens with two attached hydrogens (primary N) is 2. The quantitative estimate of drug-likeness (QED) is 0.221. The number of aromatic nitrogens is 6. The first-order valence-corrected chi connectivity index (χ1v) is 15.8. The molecule has 6 atom stereocenters. The van der Waals surface area contributed by atoms with Gasteiger partial charge >= 0.3 is 15.7 Å². The topological polar surface area (TPSA) is 233 Å². The van der Waals surface area contributed by atoms with Crippen molar-refractivity contribution >= 4 is 61.2 Å². The molecule has 0 spiro atoms. The molecule has 0 aliphatic carbocycles. The van der Waals surface area contributed by atoms with Gasteiger partial charge in [-0.05, 0) is 6.42 Å². The number of carbonyl (C=O) groups excluding carboxylic acids is 1. The number of thiazole rings is 2. The molecule has 0 aromatic carbocycles. The summed E-state index contributed by atoms with van der Waals surface area (Å²) in [5.41, 5.74) is 10.8. The number of nitrogen functional groups attached to an aromatic ring is 2. The van der Waals surface area contributed by atoms with Gasteiger partial charge in [-0.15, -0.1) is 0 Å². The van der Waals surface area contributed by atoms with E-state index in [0.717, 1.165) is 29.1 Å². The van der Waals surface area contributed by atoms with Crippen LogP contribution < -0.4 is 21.2 Å². The molecule has 2 fully saturated rings. The first-order valence-electron chi connectivity index (χ1n) is 14.2. The van der Waals surface area contributed by atoms with Gasteiger partial charge in [-0.1, -0.05) is 57.3 Å². The van der Waals surface area contributed by atoms with Gasteiger partial charge in [0.2, 0.25) is 11.9 Å². The zero-order chi connectivity index (χ0) is 33.0. The standard InChI is InChI=1S/C15H20N4O4S.C12H16N4O4S/c1-5-9-15(3,4)10(22-7(2)20)12(23-9)19-11-8(24-14(19)21)6-17-13(16)18-11;1-12(2)6(4-17)20-9(7(12)18)16-8-5(21-11(16)19)3-14-10(13)15-8/h6,9-10,12H,5H2,1-4H3,(H2,16,17,18);3,6-7,9,17-18H,4H2,1-2H3,(H2,13,14,15)/t9-,10+,12-;6-,7+,9-/m11/s1. The van der Waals surface area contributed by atoms with Crippen LogP contribution >= 0.6 is 22.7 Å². The number of esters is 1. The fourth-order valence-corrected chi connectivity index (χ4v) is 7.41. The molecule has 45 heavy (non-hydrogen) atoms. The molecule has 4 aromatic rings. The lowest BCUT2D eigenvalue weighted by atomic mass is 9.81. The highest BCUT2D eigenvalue weighted by Crippen LogP contribution is 2.47. The first-order chi connectivity index (χ1) is 21.1. The normalized spacial score (nSPS) is 27.0. The van der Waals surface area contributed by atoms with E-state index in [0.29, 0.717) is 20.7 Å². The van der Waals surface area contributed by atoms with E-state index in [2.05, 4.69) is 19.9 Å². The second-order valence-corrected chi connectivity index (χ2v) is 14.0. The number of hydrogen-bond donors (Lipinski definition) is 4. The van der Waals surface area contributed by atoms with E-state index in [4.69, 9.17) is 25.7 Å². The fraction of sp³-hybridized carbons (Fsp3) is 0.593. The van der Waals surface area contributed by atoms with Crippen LogP contribution in [0.2, 0.25) is 0 Å². The van der Waals surface area contributed by atoms with E-state index in [9.17, 15) is 24.6 Å². The molecule has 6 N–H and O–H groups in total. The van der Waals surface area contributed by atoms with Crippen LogP contribution in [0.25, 0.3) is 20.7 Å². The highest BCUT2D eigenvalue weighted by molar-refractivity contribution is 7.16. The SMILES string of the molecule is CC1(C)[C@@H](CO)O[C@@H](n2c(=O)sc3cnc(N)nc32)[C@@H]1O.CC[C@H]1O[C@@H](n2c(=O)sc3cnc(N)nc32)[C@H](OC(C)=O)C1(C)C. The number of aliphatic hydroxyl groups excluding tert-OH is 2. The molecule has 0 amide bonds. The third kappa shape index (κ3) is 5.70. The molecule has 4 aromatic heterocycles. The minimum Gasteiger partial charge on any atom is -0.457 e. The Balaban J connectivity index is 0.000000179. The van der Waals surface area contributed by atoms with Crippen molar-refractivity contribution in [3.63, 3.8) is 0 Å². The Morgan fingerprint density at radius 2 is 1.42 bits per heavy atom. The first kappa shape index (κ1) is 32.8. The van der Waals surface area contributed by atoms with Crippen LogP contribution in [0.5, 0.6) is 0 Å². The lowest BCUT2D eigenvalue weighted by Crippen LogP contribution is -2.39. The highest BCUT2D eigenvalue weighted by Gasteiger charge is 2.54. The molecule has 18 heteroatoms. The number of fused-ring (bicyclic) bond motifs is 2. The largest absolute Gasteiger partial charge is 0.457 e. The van der Waals surface area contributed by atoms with Crippen LogP contribution in [0, 0.1) is 10.8 Å². The van der Waals surface area contributed by atoms with Crippen LogP contribution in [0.3, 0.4) is 0 Å². The van der Waals surface area contributed by atoms with Crippen molar-refractivity contribution in [2.75, 3.05) is 18.1 Å². The number of ether oxygens (including phenoxy) is 3. The number of anilines is 2. The predicted molar refractivity (Wildman–Crippen MR) is 166 cm³/mol. The van der Waals surface area contributed by atoms with Crippen LogP contribution in [-0.4, -0.2) is 76.3 Å². The van der Waals surface area contributed by atoms with Crippen molar-refractivity contribution in [3.05, 3.63) is 31.7 Å². The molecular formula is C27H36N8O8S2. The van der Waals surface area contributed by atoms with Crippen molar-refractivity contribution in [2.24, 2.45) is 10.8 Å². The maximum absolute atomic E-state index is 12.5. The zero-order valence-corrected chi connectivity index (χ0v) is 27.2. The second kappa shape index (κ2) is 12.0. The van der Waals surface area contributed by atoms with Crippen LogP contribution in [0.1, 0.15) is 60.4 Å². The van der Waals surface area contributed by atoms with Gasteiger partial charge in [0, 0.05) is 17.8 Å². The maximum Gasteiger partial charge on any atom is 0.311 e. The third-order valence-electron chi connectivity index (χ3n) is 8.38. The van der Waals surface area contributed by atoms with Gasteiger partial charge in [0.1, 0.15) is 6.10 Å². The molecule has 0 unspecified atom stereocenters. The summed E-state index contributed by atoms with van der Waals surface area (Å²) < 4.78 is 21.2. The van der Waals surface area contributed by atoms with E-state index < -0.39 is 47.6 Å². The van der Waals surface area contributed by atoms with E-state index in [1.807, 2.05) is 20.8 Å². The average Bonchev–Trinajstić information content (AvgIpc) is 3.61. The predicted octanol–water partition coefficient (Wildman–Crippen LogP) is 1.41. The smallest absolute Gasteiger partial charge is 0.311 e. The van der Waals surface area contributed by atoms with Crippen molar-refractivity contribution in [1.29, 1.82) is 0 Å². The monoisotopic (exact) mass is 664 g/mol.